The van der Waals surface area contributed by atoms with E-state index < -0.39 is 6.23 Å². The summed E-state index contributed by atoms with van der Waals surface area (Å²) in [6.07, 6.45) is -0.368. The van der Waals surface area contributed by atoms with Crippen molar-refractivity contribution in [3.8, 4) is 0 Å². The molecule has 13 heavy (non-hydrogen) atoms. The van der Waals surface area contributed by atoms with E-state index in [0.29, 0.717) is 5.69 Å². The molecule has 0 saturated heterocycles. The van der Waals surface area contributed by atoms with E-state index in [4.69, 9.17) is 16.2 Å². The zero-order chi connectivity index (χ0) is 9.84. The highest BCUT2D eigenvalue weighted by molar-refractivity contribution is 5.46. The topological polar surface area (TPSA) is 61.3 Å². The Kier molecular flexibility index (Phi) is 3.28. The lowest BCUT2D eigenvalue weighted by molar-refractivity contribution is 0.0109. The van der Waals surface area contributed by atoms with Crippen molar-refractivity contribution in [3.63, 3.8) is 0 Å². The van der Waals surface area contributed by atoms with Crippen LogP contribution in [0.4, 0.5) is 5.69 Å². The summed E-state index contributed by atoms with van der Waals surface area (Å²) in [5.41, 5.74) is 12.8. The van der Waals surface area contributed by atoms with Crippen LogP contribution < -0.4 is 11.5 Å². The summed E-state index contributed by atoms with van der Waals surface area (Å²) < 4.78 is 5.39. The molecule has 1 aromatic carbocycles. The quantitative estimate of drug-likeness (QED) is 0.545. The SMILES string of the molecule is CC(C)OC(N)c1ccc[c]c1N. The first-order chi connectivity index (χ1) is 6.11. The van der Waals surface area contributed by atoms with Crippen LogP contribution in [0.1, 0.15) is 25.6 Å². The van der Waals surface area contributed by atoms with Gasteiger partial charge in [-0.1, -0.05) is 18.2 Å². The Labute approximate surface area is 78.7 Å². The number of para-hydroxylation sites is 1. The van der Waals surface area contributed by atoms with Crippen molar-refractivity contribution < 1.29 is 4.74 Å². The second-order valence-corrected chi connectivity index (χ2v) is 3.14. The highest BCUT2D eigenvalue weighted by atomic mass is 16.5. The summed E-state index contributed by atoms with van der Waals surface area (Å²) in [6, 6.07) is 8.31. The van der Waals surface area contributed by atoms with Crippen LogP contribution in [-0.4, -0.2) is 6.10 Å². The summed E-state index contributed by atoms with van der Waals surface area (Å²) >= 11 is 0. The average Bonchev–Trinajstić information content (AvgIpc) is 2.03. The molecule has 4 N–H and O–H groups in total. The molecule has 0 fully saturated rings. The fourth-order valence-corrected chi connectivity index (χ4v) is 1.08. The number of hydrogen-bond acceptors (Lipinski definition) is 3. The monoisotopic (exact) mass is 179 g/mol. The van der Waals surface area contributed by atoms with Crippen LogP contribution in [0.5, 0.6) is 0 Å². The predicted molar refractivity (Wildman–Crippen MR) is 52.8 cm³/mol. The van der Waals surface area contributed by atoms with Crippen molar-refractivity contribution in [1.82, 2.24) is 0 Å². The highest BCUT2D eigenvalue weighted by Gasteiger charge is 2.10. The van der Waals surface area contributed by atoms with E-state index in [1.165, 1.54) is 0 Å². The number of benzene rings is 1. The molecule has 1 atom stereocenters. The Morgan fingerprint density at radius 3 is 2.69 bits per heavy atom. The van der Waals surface area contributed by atoms with Gasteiger partial charge >= 0.3 is 0 Å². The standard InChI is InChI=1S/C10H15N2O/c1-7(2)13-10(12)8-5-3-4-6-9(8)11/h3-5,7,10H,11-12H2,1-2H3. The van der Waals surface area contributed by atoms with E-state index in [2.05, 4.69) is 6.07 Å². The van der Waals surface area contributed by atoms with Gasteiger partial charge in [0.25, 0.3) is 0 Å². The minimum atomic E-state index is -0.461. The molecule has 1 aromatic rings. The largest absolute Gasteiger partial charge is 0.398 e. The summed E-state index contributed by atoms with van der Waals surface area (Å²) in [4.78, 5) is 0. The molecular formula is C10H15N2O. The van der Waals surface area contributed by atoms with Crippen LogP contribution in [-0.2, 0) is 4.74 Å². The highest BCUT2D eigenvalue weighted by Crippen LogP contribution is 2.19. The fraction of sp³-hybridized carbons (Fsp3) is 0.400. The van der Waals surface area contributed by atoms with E-state index in [-0.39, 0.29) is 6.10 Å². The summed E-state index contributed by atoms with van der Waals surface area (Å²) in [5.74, 6) is 0. The lowest BCUT2D eigenvalue weighted by atomic mass is 10.1. The van der Waals surface area contributed by atoms with Crippen LogP contribution in [0.3, 0.4) is 0 Å². The van der Waals surface area contributed by atoms with Crippen molar-refractivity contribution in [2.75, 3.05) is 5.73 Å². The number of nitrogen functional groups attached to an aromatic ring is 1. The van der Waals surface area contributed by atoms with Gasteiger partial charge in [-0.15, -0.1) is 0 Å². The van der Waals surface area contributed by atoms with Crippen LogP contribution >= 0.6 is 0 Å². The van der Waals surface area contributed by atoms with E-state index in [1.54, 1.807) is 6.07 Å². The van der Waals surface area contributed by atoms with Gasteiger partial charge in [-0.25, -0.2) is 0 Å². The van der Waals surface area contributed by atoms with Gasteiger partial charge < -0.3 is 16.2 Å². The first-order valence-electron chi connectivity index (χ1n) is 4.28. The molecule has 0 aliphatic rings. The molecule has 0 amide bonds. The van der Waals surface area contributed by atoms with Crippen molar-refractivity contribution in [3.05, 3.63) is 29.8 Å². The molecule has 0 aromatic heterocycles. The zero-order valence-corrected chi connectivity index (χ0v) is 7.95. The molecule has 1 unspecified atom stereocenters. The molecule has 3 nitrogen and oxygen atoms in total. The van der Waals surface area contributed by atoms with E-state index >= 15 is 0 Å². The minimum Gasteiger partial charge on any atom is -0.398 e. The summed E-state index contributed by atoms with van der Waals surface area (Å²) in [7, 11) is 0. The van der Waals surface area contributed by atoms with Gasteiger partial charge in [0.1, 0.15) is 6.23 Å². The van der Waals surface area contributed by atoms with Gasteiger partial charge in [0.05, 0.1) is 6.10 Å². The summed E-state index contributed by atoms with van der Waals surface area (Å²) in [6.45, 7) is 3.87. The van der Waals surface area contributed by atoms with Crippen LogP contribution in [0.15, 0.2) is 18.2 Å². The average molecular weight is 179 g/mol. The van der Waals surface area contributed by atoms with Crippen LogP contribution in [0, 0.1) is 6.07 Å². The van der Waals surface area contributed by atoms with Gasteiger partial charge in [0, 0.05) is 17.3 Å². The second-order valence-electron chi connectivity index (χ2n) is 3.14. The third-order valence-electron chi connectivity index (χ3n) is 1.65. The number of rotatable bonds is 3. The Balaban J connectivity index is 2.76. The first kappa shape index (κ1) is 10.0. The van der Waals surface area contributed by atoms with Crippen LogP contribution in [0.2, 0.25) is 0 Å². The van der Waals surface area contributed by atoms with Gasteiger partial charge in [0.2, 0.25) is 0 Å². The Hall–Kier alpha value is -1.06. The molecule has 0 heterocycles. The van der Waals surface area contributed by atoms with Crippen LogP contribution in [0.25, 0.3) is 0 Å². The Morgan fingerprint density at radius 2 is 2.15 bits per heavy atom. The normalized spacial score (nSPS) is 13.2. The smallest absolute Gasteiger partial charge is 0.134 e. The van der Waals surface area contributed by atoms with Gasteiger partial charge in [0.15, 0.2) is 0 Å². The van der Waals surface area contributed by atoms with Crippen molar-refractivity contribution in [2.45, 2.75) is 26.2 Å². The summed E-state index contributed by atoms with van der Waals surface area (Å²) in [5, 5.41) is 0. The van der Waals surface area contributed by atoms with Crippen molar-refractivity contribution in [1.29, 1.82) is 0 Å². The zero-order valence-electron chi connectivity index (χ0n) is 7.95. The molecule has 0 bridgehead atoms. The predicted octanol–water partition coefficient (Wildman–Crippen LogP) is 1.45. The van der Waals surface area contributed by atoms with Gasteiger partial charge in [-0.05, 0) is 13.8 Å². The number of hydrogen-bond donors (Lipinski definition) is 2. The van der Waals surface area contributed by atoms with E-state index in [0.717, 1.165) is 5.56 Å². The number of nitrogens with two attached hydrogens (primary N) is 2. The number of ether oxygens (including phenoxy) is 1. The Bertz CT molecular complexity index is 273. The maximum absolute atomic E-state index is 5.77. The van der Waals surface area contributed by atoms with E-state index in [1.807, 2.05) is 26.0 Å². The molecular weight excluding hydrogens is 164 g/mol. The lowest BCUT2D eigenvalue weighted by Gasteiger charge is -2.17. The molecule has 1 radical (unpaired) electrons. The maximum Gasteiger partial charge on any atom is 0.134 e. The van der Waals surface area contributed by atoms with Crippen molar-refractivity contribution in [2.24, 2.45) is 5.73 Å². The van der Waals surface area contributed by atoms with Gasteiger partial charge in [-0.2, -0.15) is 0 Å². The van der Waals surface area contributed by atoms with E-state index in [9.17, 15) is 0 Å². The molecule has 0 spiro atoms. The Morgan fingerprint density at radius 1 is 1.46 bits per heavy atom. The number of anilines is 1. The molecule has 1 rings (SSSR count). The second kappa shape index (κ2) is 4.25. The molecule has 0 aliphatic heterocycles. The maximum atomic E-state index is 5.77. The van der Waals surface area contributed by atoms with Crippen molar-refractivity contribution >= 4 is 5.69 Å². The molecule has 0 aliphatic carbocycles. The molecule has 71 valence electrons. The minimum absolute atomic E-state index is 0.0922. The molecule has 3 heteroatoms. The lowest BCUT2D eigenvalue weighted by Crippen LogP contribution is -2.19. The third kappa shape index (κ3) is 2.72. The first-order valence-corrected chi connectivity index (χ1v) is 4.28. The fourth-order valence-electron chi connectivity index (χ4n) is 1.08. The van der Waals surface area contributed by atoms with Gasteiger partial charge in [-0.3, -0.25) is 0 Å². The third-order valence-corrected chi connectivity index (χ3v) is 1.65. The molecule has 0 saturated carbocycles.